The molecule has 0 amide bonds. The first kappa shape index (κ1) is 19.3. The van der Waals surface area contributed by atoms with E-state index in [0.29, 0.717) is 12.1 Å². The number of hydrogen-bond donors (Lipinski definition) is 1. The molecule has 2 nitrogen and oxygen atoms in total. The molecule has 1 aliphatic rings. The highest BCUT2D eigenvalue weighted by Gasteiger charge is 2.32. The molecule has 6 heteroatoms. The third-order valence-electron chi connectivity index (χ3n) is 4.34. The smallest absolute Gasteiger partial charge is 0.311 e. The van der Waals surface area contributed by atoms with Crippen LogP contribution in [-0.4, -0.2) is 30.1 Å². The summed E-state index contributed by atoms with van der Waals surface area (Å²) in [5, 5.41) is 3.46. The highest BCUT2D eigenvalue weighted by atomic mass is 35.5. The Bertz CT molecular complexity index is 461. The molecule has 1 fully saturated rings. The SMILES string of the molecule is CC[C@@H]1CN[C@@H](C)CN1C(C)c1ccc(C(F)(F)F)cc1.Cl. The van der Waals surface area contributed by atoms with Gasteiger partial charge in [-0.1, -0.05) is 19.1 Å². The Hall–Kier alpha value is -0.780. The lowest BCUT2D eigenvalue weighted by atomic mass is 9.99. The molecule has 126 valence electrons. The number of benzene rings is 1. The summed E-state index contributed by atoms with van der Waals surface area (Å²) in [6, 6.07) is 6.53. The summed E-state index contributed by atoms with van der Waals surface area (Å²) >= 11 is 0. The van der Waals surface area contributed by atoms with Crippen LogP contribution in [0.5, 0.6) is 0 Å². The molecule has 1 N–H and O–H groups in total. The van der Waals surface area contributed by atoms with E-state index in [1.165, 1.54) is 12.1 Å². The van der Waals surface area contributed by atoms with Gasteiger partial charge in [0.15, 0.2) is 0 Å². The van der Waals surface area contributed by atoms with Crippen molar-refractivity contribution in [1.82, 2.24) is 10.2 Å². The Morgan fingerprint density at radius 3 is 2.36 bits per heavy atom. The zero-order valence-corrected chi connectivity index (χ0v) is 14.0. The molecule has 1 aromatic carbocycles. The summed E-state index contributed by atoms with van der Waals surface area (Å²) in [5.41, 5.74) is 0.356. The van der Waals surface area contributed by atoms with Crippen molar-refractivity contribution in [2.45, 2.75) is 51.5 Å². The average molecular weight is 337 g/mol. The summed E-state index contributed by atoms with van der Waals surface area (Å²) in [5.74, 6) is 0. The van der Waals surface area contributed by atoms with Crippen LogP contribution in [-0.2, 0) is 6.18 Å². The van der Waals surface area contributed by atoms with Gasteiger partial charge < -0.3 is 5.32 Å². The Labute approximate surface area is 136 Å². The van der Waals surface area contributed by atoms with Crippen LogP contribution in [0.15, 0.2) is 24.3 Å². The molecule has 1 aromatic rings. The molecular weight excluding hydrogens is 313 g/mol. The van der Waals surface area contributed by atoms with Crippen molar-refractivity contribution in [2.24, 2.45) is 0 Å². The fourth-order valence-corrected chi connectivity index (χ4v) is 2.98. The Morgan fingerprint density at radius 1 is 1.27 bits per heavy atom. The van der Waals surface area contributed by atoms with Crippen LogP contribution in [0.25, 0.3) is 0 Å². The van der Waals surface area contributed by atoms with Gasteiger partial charge in [0.25, 0.3) is 0 Å². The fraction of sp³-hybridized carbons (Fsp3) is 0.625. The van der Waals surface area contributed by atoms with E-state index >= 15 is 0 Å². The lowest BCUT2D eigenvalue weighted by Crippen LogP contribution is -2.55. The summed E-state index contributed by atoms with van der Waals surface area (Å²) in [6.45, 7) is 8.21. The highest BCUT2D eigenvalue weighted by Crippen LogP contribution is 2.31. The minimum atomic E-state index is -4.27. The van der Waals surface area contributed by atoms with Crippen molar-refractivity contribution >= 4 is 12.4 Å². The van der Waals surface area contributed by atoms with Crippen LogP contribution in [0.1, 0.15) is 44.4 Å². The molecule has 0 saturated carbocycles. The van der Waals surface area contributed by atoms with Crippen molar-refractivity contribution in [2.75, 3.05) is 13.1 Å². The maximum Gasteiger partial charge on any atom is 0.416 e. The molecule has 0 aromatic heterocycles. The van der Waals surface area contributed by atoms with Crippen molar-refractivity contribution in [3.05, 3.63) is 35.4 Å². The largest absolute Gasteiger partial charge is 0.416 e. The quantitative estimate of drug-likeness (QED) is 0.887. The monoisotopic (exact) mass is 336 g/mol. The number of rotatable bonds is 3. The van der Waals surface area contributed by atoms with Crippen molar-refractivity contribution < 1.29 is 13.2 Å². The van der Waals surface area contributed by atoms with E-state index in [4.69, 9.17) is 0 Å². The van der Waals surface area contributed by atoms with Crippen molar-refractivity contribution in [3.63, 3.8) is 0 Å². The molecule has 3 atom stereocenters. The summed E-state index contributed by atoms with van der Waals surface area (Å²) < 4.78 is 37.9. The van der Waals surface area contributed by atoms with Crippen LogP contribution in [0.3, 0.4) is 0 Å². The second-order valence-corrected chi connectivity index (χ2v) is 5.86. The number of hydrogen-bond acceptors (Lipinski definition) is 2. The van der Waals surface area contributed by atoms with Crippen molar-refractivity contribution in [3.8, 4) is 0 Å². The number of alkyl halides is 3. The van der Waals surface area contributed by atoms with Gasteiger partial charge in [0.2, 0.25) is 0 Å². The Kier molecular flexibility index (Phi) is 6.71. The maximum absolute atomic E-state index is 12.6. The number of nitrogens with one attached hydrogen (secondary N) is 1. The molecule has 1 aliphatic heterocycles. The predicted molar refractivity (Wildman–Crippen MR) is 85.4 cm³/mol. The fourth-order valence-electron chi connectivity index (χ4n) is 2.98. The van der Waals surface area contributed by atoms with Crippen LogP contribution >= 0.6 is 12.4 Å². The third kappa shape index (κ3) is 4.37. The summed E-state index contributed by atoms with van der Waals surface area (Å²) in [4.78, 5) is 2.39. The third-order valence-corrected chi connectivity index (χ3v) is 4.34. The van der Waals surface area contributed by atoms with Crippen molar-refractivity contribution in [1.29, 1.82) is 0 Å². The minimum absolute atomic E-state index is 0. The van der Waals surface area contributed by atoms with E-state index < -0.39 is 11.7 Å². The molecule has 0 radical (unpaired) electrons. The van der Waals surface area contributed by atoms with Gasteiger partial charge in [0.05, 0.1) is 5.56 Å². The zero-order chi connectivity index (χ0) is 15.6. The molecule has 0 spiro atoms. The average Bonchev–Trinajstić information content (AvgIpc) is 2.45. The lowest BCUT2D eigenvalue weighted by molar-refractivity contribution is -0.137. The van der Waals surface area contributed by atoms with Gasteiger partial charge in [-0.15, -0.1) is 12.4 Å². The van der Waals surface area contributed by atoms with Gasteiger partial charge in [0, 0.05) is 31.2 Å². The van der Waals surface area contributed by atoms with E-state index in [-0.39, 0.29) is 18.4 Å². The normalized spacial score (nSPS) is 24.6. The molecule has 22 heavy (non-hydrogen) atoms. The first-order valence-corrected chi connectivity index (χ1v) is 7.49. The molecule has 0 aliphatic carbocycles. The number of halogens is 4. The first-order chi connectivity index (χ1) is 9.82. The molecule has 1 unspecified atom stereocenters. The minimum Gasteiger partial charge on any atom is -0.311 e. The molecular formula is C16H24ClF3N2. The summed E-state index contributed by atoms with van der Waals surface area (Å²) in [7, 11) is 0. The van der Waals surface area contributed by atoms with Crippen LogP contribution in [0, 0.1) is 0 Å². The van der Waals surface area contributed by atoms with E-state index in [2.05, 4.69) is 31.0 Å². The Morgan fingerprint density at radius 2 is 1.86 bits per heavy atom. The topological polar surface area (TPSA) is 15.3 Å². The van der Waals surface area contributed by atoms with E-state index in [1.807, 2.05) is 0 Å². The number of nitrogens with zero attached hydrogens (tertiary/aromatic N) is 1. The molecule has 1 saturated heterocycles. The van der Waals surface area contributed by atoms with Gasteiger partial charge in [-0.05, 0) is 38.0 Å². The van der Waals surface area contributed by atoms with Gasteiger partial charge in [-0.2, -0.15) is 13.2 Å². The maximum atomic E-state index is 12.6. The van der Waals surface area contributed by atoms with Gasteiger partial charge in [-0.3, -0.25) is 4.90 Å². The zero-order valence-electron chi connectivity index (χ0n) is 13.2. The van der Waals surface area contributed by atoms with E-state index in [1.54, 1.807) is 12.1 Å². The first-order valence-electron chi connectivity index (χ1n) is 7.49. The Balaban J connectivity index is 0.00000242. The lowest BCUT2D eigenvalue weighted by Gasteiger charge is -2.42. The predicted octanol–water partition coefficient (Wildman–Crippen LogP) is 4.26. The molecule has 2 rings (SSSR count). The summed E-state index contributed by atoms with van der Waals surface area (Å²) in [6.07, 6.45) is -3.23. The number of piperazine rings is 1. The second kappa shape index (κ2) is 7.66. The van der Waals surface area contributed by atoms with Crippen LogP contribution in [0.4, 0.5) is 13.2 Å². The van der Waals surface area contributed by atoms with Crippen LogP contribution in [0.2, 0.25) is 0 Å². The van der Waals surface area contributed by atoms with Gasteiger partial charge >= 0.3 is 6.18 Å². The van der Waals surface area contributed by atoms with E-state index in [9.17, 15) is 13.2 Å². The van der Waals surface area contributed by atoms with E-state index in [0.717, 1.165) is 25.1 Å². The second-order valence-electron chi connectivity index (χ2n) is 5.86. The highest BCUT2D eigenvalue weighted by molar-refractivity contribution is 5.85. The molecule has 0 bridgehead atoms. The van der Waals surface area contributed by atoms with Crippen LogP contribution < -0.4 is 5.32 Å². The van der Waals surface area contributed by atoms with Gasteiger partial charge in [0.1, 0.15) is 0 Å². The van der Waals surface area contributed by atoms with Gasteiger partial charge in [-0.25, -0.2) is 0 Å². The standard InChI is InChI=1S/C16H23F3N2.ClH/c1-4-15-9-20-11(2)10-21(15)12(3)13-5-7-14(8-6-13)16(17,18)19;/h5-8,11-12,15,20H,4,9-10H2,1-3H3;1H/t11-,12?,15+;/m0./s1. The molecule has 1 heterocycles.